The molecular weight excluding hydrogens is 413 g/mol. The highest BCUT2D eigenvalue weighted by molar-refractivity contribution is 6.30. The molecule has 1 aromatic heterocycles. The van der Waals surface area contributed by atoms with Crippen molar-refractivity contribution in [1.29, 1.82) is 0 Å². The van der Waals surface area contributed by atoms with Crippen LogP contribution in [-0.2, 0) is 16.0 Å². The number of aromatic nitrogens is 2. The summed E-state index contributed by atoms with van der Waals surface area (Å²) in [4.78, 5) is 29.3. The van der Waals surface area contributed by atoms with Crippen molar-refractivity contribution in [2.45, 2.75) is 13.3 Å². The van der Waals surface area contributed by atoms with Crippen LogP contribution in [0.25, 0.3) is 5.69 Å². The van der Waals surface area contributed by atoms with E-state index < -0.39 is 17.3 Å². The quantitative estimate of drug-likeness (QED) is 0.475. The van der Waals surface area contributed by atoms with Gasteiger partial charge >= 0.3 is 5.97 Å². The van der Waals surface area contributed by atoms with E-state index in [1.165, 1.54) is 30.0 Å². The highest BCUT2D eigenvalue weighted by Crippen LogP contribution is 2.22. The summed E-state index contributed by atoms with van der Waals surface area (Å²) in [6, 6.07) is 10.9. The molecule has 0 aliphatic heterocycles. The number of benzene rings is 2. The van der Waals surface area contributed by atoms with E-state index in [0.717, 1.165) is 0 Å². The van der Waals surface area contributed by atoms with Crippen LogP contribution in [0.15, 0.2) is 52.3 Å². The van der Waals surface area contributed by atoms with Crippen LogP contribution in [0, 0.1) is 5.82 Å². The Kier molecular flexibility index (Phi) is 6.37. The number of hydrogen-bond acceptors (Lipinski definition) is 5. The maximum absolute atomic E-state index is 13.8. The van der Waals surface area contributed by atoms with E-state index in [1.54, 1.807) is 38.3 Å². The second kappa shape index (κ2) is 8.96. The minimum atomic E-state index is -0.620. The molecule has 0 radical (unpaired) electrons. The van der Waals surface area contributed by atoms with Gasteiger partial charge < -0.3 is 9.47 Å². The molecule has 0 spiro atoms. The van der Waals surface area contributed by atoms with Gasteiger partial charge in [-0.05, 0) is 43.3 Å². The van der Waals surface area contributed by atoms with Crippen molar-refractivity contribution < 1.29 is 18.7 Å². The summed E-state index contributed by atoms with van der Waals surface area (Å²) >= 11 is 5.71. The van der Waals surface area contributed by atoms with Gasteiger partial charge in [-0.2, -0.15) is 0 Å². The number of hydrogen-bond donors (Lipinski definition) is 1. The Morgan fingerprint density at radius 1 is 1.20 bits per heavy atom. The van der Waals surface area contributed by atoms with Crippen LogP contribution >= 0.6 is 11.6 Å². The third-order valence-corrected chi connectivity index (χ3v) is 4.71. The molecule has 3 aromatic rings. The molecule has 2 aromatic carbocycles. The predicted octanol–water partition coefficient (Wildman–Crippen LogP) is 3.82. The Balaban J connectivity index is 2.11. The number of rotatable bonds is 6. The summed E-state index contributed by atoms with van der Waals surface area (Å²) in [5.74, 6) is -0.509. The average molecular weight is 432 g/mol. The molecule has 0 amide bonds. The van der Waals surface area contributed by atoms with Crippen molar-refractivity contribution in [1.82, 2.24) is 9.78 Å². The van der Waals surface area contributed by atoms with Crippen LogP contribution in [0.1, 0.15) is 18.2 Å². The summed E-state index contributed by atoms with van der Waals surface area (Å²) in [5.41, 5.74) is 1.27. The first-order valence-corrected chi connectivity index (χ1v) is 9.27. The van der Waals surface area contributed by atoms with Gasteiger partial charge in [0.25, 0.3) is 5.56 Å². The minimum absolute atomic E-state index is 0.0264. The predicted molar refractivity (Wildman–Crippen MR) is 112 cm³/mol. The summed E-state index contributed by atoms with van der Waals surface area (Å²) in [6.45, 7) is 1.61. The number of aromatic amines is 1. The number of esters is 1. The molecule has 0 saturated heterocycles. The van der Waals surface area contributed by atoms with Crippen LogP contribution in [-0.4, -0.2) is 35.7 Å². The number of aliphatic imine (C=N–C) groups is 1. The van der Waals surface area contributed by atoms with Crippen LogP contribution in [0.5, 0.6) is 5.75 Å². The van der Waals surface area contributed by atoms with E-state index in [2.05, 4.69) is 10.1 Å². The van der Waals surface area contributed by atoms with Crippen molar-refractivity contribution in [2.24, 2.45) is 4.99 Å². The molecular formula is C21H19ClFN3O4. The van der Waals surface area contributed by atoms with Gasteiger partial charge in [0.15, 0.2) is 0 Å². The SMILES string of the molecule is COC(=O)Cc1[nH]n(-c2ccc(OC)cc2)c(=O)c1C(C)=Nc1ccc(Cl)c(F)c1. The van der Waals surface area contributed by atoms with E-state index in [1.807, 2.05) is 0 Å². The molecule has 156 valence electrons. The van der Waals surface area contributed by atoms with Crippen LogP contribution in [0.4, 0.5) is 10.1 Å². The second-order valence-electron chi connectivity index (χ2n) is 6.35. The number of halogens is 2. The van der Waals surface area contributed by atoms with Gasteiger partial charge in [-0.3, -0.25) is 19.7 Å². The minimum Gasteiger partial charge on any atom is -0.497 e. The van der Waals surface area contributed by atoms with Crippen molar-refractivity contribution in [3.05, 3.63) is 74.9 Å². The number of carbonyl (C=O) groups excluding carboxylic acids is 1. The zero-order chi connectivity index (χ0) is 21.8. The number of ether oxygens (including phenoxy) is 2. The van der Waals surface area contributed by atoms with Gasteiger partial charge in [-0.1, -0.05) is 11.6 Å². The van der Waals surface area contributed by atoms with Crippen molar-refractivity contribution in [2.75, 3.05) is 14.2 Å². The Labute approximate surface area is 176 Å². The van der Waals surface area contributed by atoms with Gasteiger partial charge in [-0.15, -0.1) is 0 Å². The zero-order valence-corrected chi connectivity index (χ0v) is 17.3. The second-order valence-corrected chi connectivity index (χ2v) is 6.76. The first kappa shape index (κ1) is 21.3. The van der Waals surface area contributed by atoms with Crippen molar-refractivity contribution in [3.63, 3.8) is 0 Å². The Bertz CT molecular complexity index is 1170. The number of nitrogens with zero attached hydrogens (tertiary/aromatic N) is 2. The topological polar surface area (TPSA) is 85.7 Å². The fraction of sp³-hybridized carbons (Fsp3) is 0.190. The highest BCUT2D eigenvalue weighted by Gasteiger charge is 2.20. The third-order valence-electron chi connectivity index (χ3n) is 4.41. The molecule has 0 unspecified atom stereocenters. The van der Waals surface area contributed by atoms with Crippen LogP contribution < -0.4 is 10.3 Å². The van der Waals surface area contributed by atoms with E-state index >= 15 is 0 Å². The first-order valence-electron chi connectivity index (χ1n) is 8.90. The lowest BCUT2D eigenvalue weighted by Crippen LogP contribution is -2.20. The molecule has 0 bridgehead atoms. The molecule has 0 saturated carbocycles. The molecule has 9 heteroatoms. The molecule has 0 fully saturated rings. The van der Waals surface area contributed by atoms with E-state index in [9.17, 15) is 14.0 Å². The smallest absolute Gasteiger partial charge is 0.311 e. The maximum Gasteiger partial charge on any atom is 0.311 e. The summed E-state index contributed by atoms with van der Waals surface area (Å²) in [7, 11) is 2.81. The number of nitrogens with one attached hydrogen (secondary N) is 1. The lowest BCUT2D eigenvalue weighted by atomic mass is 10.1. The largest absolute Gasteiger partial charge is 0.497 e. The fourth-order valence-electron chi connectivity index (χ4n) is 2.92. The molecule has 1 N–H and O–H groups in total. The third kappa shape index (κ3) is 4.44. The van der Waals surface area contributed by atoms with Gasteiger partial charge in [0, 0.05) is 6.07 Å². The first-order chi connectivity index (χ1) is 14.3. The Morgan fingerprint density at radius 3 is 2.50 bits per heavy atom. The van der Waals surface area contributed by atoms with E-state index in [0.29, 0.717) is 22.8 Å². The molecule has 0 atom stereocenters. The van der Waals surface area contributed by atoms with E-state index in [-0.39, 0.29) is 22.7 Å². The average Bonchev–Trinajstić information content (AvgIpc) is 3.06. The molecule has 30 heavy (non-hydrogen) atoms. The van der Waals surface area contributed by atoms with Crippen molar-refractivity contribution >= 4 is 29.0 Å². The molecule has 0 aliphatic carbocycles. The van der Waals surface area contributed by atoms with Gasteiger partial charge in [0.2, 0.25) is 0 Å². The number of H-pyrrole nitrogens is 1. The molecule has 0 aliphatic rings. The highest BCUT2D eigenvalue weighted by atomic mass is 35.5. The monoisotopic (exact) mass is 431 g/mol. The van der Waals surface area contributed by atoms with Gasteiger partial charge in [-0.25, -0.2) is 9.07 Å². The molecule has 1 heterocycles. The zero-order valence-electron chi connectivity index (χ0n) is 16.5. The lowest BCUT2D eigenvalue weighted by molar-refractivity contribution is -0.139. The standard InChI is InChI=1S/C21H19ClFN3O4/c1-12(24-13-4-9-16(22)17(23)10-13)20-18(11-19(27)30-3)25-26(21(20)28)14-5-7-15(29-2)8-6-14/h4-10,25H,11H2,1-3H3. The van der Waals surface area contributed by atoms with Gasteiger partial charge in [0.1, 0.15) is 11.6 Å². The summed E-state index contributed by atoms with van der Waals surface area (Å²) < 4.78 is 24.9. The molecule has 7 nitrogen and oxygen atoms in total. The lowest BCUT2D eigenvalue weighted by Gasteiger charge is -2.03. The normalized spacial score (nSPS) is 11.4. The van der Waals surface area contributed by atoms with Crippen LogP contribution in [0.3, 0.4) is 0 Å². The maximum atomic E-state index is 13.8. The Hall–Kier alpha value is -3.39. The number of methoxy groups -OCH3 is 2. The van der Waals surface area contributed by atoms with E-state index in [4.69, 9.17) is 21.1 Å². The Morgan fingerprint density at radius 2 is 1.90 bits per heavy atom. The van der Waals surface area contributed by atoms with Crippen molar-refractivity contribution in [3.8, 4) is 11.4 Å². The van der Waals surface area contributed by atoms with Crippen LogP contribution in [0.2, 0.25) is 5.02 Å². The molecule has 3 rings (SSSR count). The summed E-state index contributed by atoms with van der Waals surface area (Å²) in [5, 5.41) is 2.92. The number of carbonyl (C=O) groups is 1. The van der Waals surface area contributed by atoms with Gasteiger partial charge in [0.05, 0.1) is 54.0 Å². The summed E-state index contributed by atoms with van der Waals surface area (Å²) in [6.07, 6.45) is -0.161. The fourth-order valence-corrected chi connectivity index (χ4v) is 3.03.